The number of esters is 1. The molecule has 0 aliphatic carbocycles. The van der Waals surface area contributed by atoms with E-state index in [2.05, 4.69) is 4.98 Å². The second-order valence-corrected chi connectivity index (χ2v) is 4.73. The van der Waals surface area contributed by atoms with Gasteiger partial charge in [0.1, 0.15) is 11.5 Å². The maximum Gasteiger partial charge on any atom is 0.365 e. The molecule has 1 aromatic heterocycles. The molecular formula is C17H15FN2O3. The molecule has 23 heavy (non-hydrogen) atoms. The molecule has 0 unspecified atom stereocenters. The number of pyridine rings is 1. The summed E-state index contributed by atoms with van der Waals surface area (Å²) in [6, 6.07) is 8.96. The van der Waals surface area contributed by atoms with Crippen molar-refractivity contribution in [3.63, 3.8) is 0 Å². The molecule has 6 heteroatoms. The van der Waals surface area contributed by atoms with E-state index in [0.29, 0.717) is 12.2 Å². The number of unbranched alkanes of at least 4 members (excludes halogenated alkanes) is 1. The summed E-state index contributed by atoms with van der Waals surface area (Å²) < 4.78 is 24.3. The lowest BCUT2D eigenvalue weighted by molar-refractivity contribution is 0.0723. The molecule has 0 aliphatic rings. The number of benzene rings is 1. The molecule has 0 spiro atoms. The van der Waals surface area contributed by atoms with Crippen LogP contribution < -0.4 is 9.47 Å². The summed E-state index contributed by atoms with van der Waals surface area (Å²) in [5, 5.41) is 8.70. The number of aromatic nitrogens is 1. The van der Waals surface area contributed by atoms with E-state index in [-0.39, 0.29) is 11.5 Å². The van der Waals surface area contributed by atoms with Gasteiger partial charge in [-0.05, 0) is 30.7 Å². The fourth-order valence-corrected chi connectivity index (χ4v) is 1.74. The fourth-order valence-electron chi connectivity index (χ4n) is 1.74. The molecule has 5 nitrogen and oxygen atoms in total. The topological polar surface area (TPSA) is 72.2 Å². The molecule has 0 amide bonds. The third kappa shape index (κ3) is 4.51. The molecule has 0 radical (unpaired) electrons. The Bertz CT molecular complexity index is 724. The molecule has 2 aromatic rings. The highest BCUT2D eigenvalue weighted by Gasteiger charge is 2.17. The number of rotatable bonds is 6. The number of hydrogen-bond acceptors (Lipinski definition) is 5. The number of carbonyl (C=O) groups excluding carboxylic acids is 1. The number of nitriles is 1. The van der Waals surface area contributed by atoms with Crippen LogP contribution in [0.4, 0.5) is 4.39 Å². The van der Waals surface area contributed by atoms with Gasteiger partial charge in [0.2, 0.25) is 0 Å². The molecule has 1 aromatic carbocycles. The van der Waals surface area contributed by atoms with Crippen molar-refractivity contribution in [2.75, 3.05) is 6.61 Å². The monoisotopic (exact) mass is 314 g/mol. The summed E-state index contributed by atoms with van der Waals surface area (Å²) in [7, 11) is 0. The number of ether oxygens (including phenoxy) is 2. The number of nitrogens with zero attached hydrogens (tertiary/aromatic N) is 2. The molecule has 0 N–H and O–H groups in total. The molecular weight excluding hydrogens is 299 g/mol. The van der Waals surface area contributed by atoms with E-state index in [1.54, 1.807) is 0 Å². The highest BCUT2D eigenvalue weighted by Crippen LogP contribution is 2.17. The van der Waals surface area contributed by atoms with Crippen molar-refractivity contribution in [1.29, 1.82) is 5.26 Å². The minimum absolute atomic E-state index is 0.207. The summed E-state index contributed by atoms with van der Waals surface area (Å²) in [4.78, 5) is 15.7. The van der Waals surface area contributed by atoms with E-state index in [1.165, 1.54) is 30.5 Å². The van der Waals surface area contributed by atoms with Crippen LogP contribution in [0, 0.1) is 17.1 Å². The number of hydrogen-bond donors (Lipinski definition) is 0. The number of halogens is 1. The molecule has 0 saturated carbocycles. The van der Waals surface area contributed by atoms with Crippen molar-refractivity contribution in [3.8, 4) is 17.6 Å². The summed E-state index contributed by atoms with van der Waals surface area (Å²) in [6.07, 6.45) is 3.10. The van der Waals surface area contributed by atoms with Crippen LogP contribution in [0.3, 0.4) is 0 Å². The van der Waals surface area contributed by atoms with Gasteiger partial charge < -0.3 is 9.47 Å². The lowest BCUT2D eigenvalue weighted by atomic mass is 10.2. The lowest BCUT2D eigenvalue weighted by Gasteiger charge is -2.07. The van der Waals surface area contributed by atoms with Crippen molar-refractivity contribution >= 4 is 5.97 Å². The third-order valence-corrected chi connectivity index (χ3v) is 2.97. The maximum atomic E-state index is 13.9. The van der Waals surface area contributed by atoms with Gasteiger partial charge in [0.25, 0.3) is 0 Å². The summed E-state index contributed by atoms with van der Waals surface area (Å²) in [5.74, 6) is -1.24. The Morgan fingerprint density at radius 3 is 2.65 bits per heavy atom. The molecule has 0 bridgehead atoms. The average molecular weight is 314 g/mol. The van der Waals surface area contributed by atoms with E-state index < -0.39 is 17.5 Å². The van der Waals surface area contributed by atoms with E-state index in [9.17, 15) is 9.18 Å². The van der Waals surface area contributed by atoms with Crippen molar-refractivity contribution in [2.45, 2.75) is 19.8 Å². The van der Waals surface area contributed by atoms with E-state index >= 15 is 0 Å². The molecule has 0 aliphatic heterocycles. The van der Waals surface area contributed by atoms with Gasteiger partial charge in [-0.2, -0.15) is 5.26 Å². The van der Waals surface area contributed by atoms with Crippen LogP contribution >= 0.6 is 0 Å². The highest BCUT2D eigenvalue weighted by atomic mass is 19.1. The van der Waals surface area contributed by atoms with Gasteiger partial charge >= 0.3 is 5.97 Å². The van der Waals surface area contributed by atoms with Crippen molar-refractivity contribution in [2.24, 2.45) is 0 Å². The van der Waals surface area contributed by atoms with Gasteiger partial charge in [0.15, 0.2) is 11.5 Å². The quantitative estimate of drug-likeness (QED) is 0.463. The van der Waals surface area contributed by atoms with Crippen LogP contribution in [0.25, 0.3) is 0 Å². The van der Waals surface area contributed by atoms with Gasteiger partial charge in [-0.1, -0.05) is 13.3 Å². The van der Waals surface area contributed by atoms with Gasteiger partial charge in [0, 0.05) is 6.07 Å². The smallest absolute Gasteiger partial charge is 0.365 e. The predicted octanol–water partition coefficient (Wildman–Crippen LogP) is 3.49. The highest BCUT2D eigenvalue weighted by molar-refractivity contribution is 5.89. The van der Waals surface area contributed by atoms with E-state index in [4.69, 9.17) is 14.7 Å². The summed E-state index contributed by atoms with van der Waals surface area (Å²) >= 11 is 0. The number of carbonyl (C=O) groups is 1. The van der Waals surface area contributed by atoms with Crippen LogP contribution in [0.1, 0.15) is 35.8 Å². The minimum atomic E-state index is -0.910. The van der Waals surface area contributed by atoms with Crippen LogP contribution in [0.2, 0.25) is 0 Å². The second-order valence-electron chi connectivity index (χ2n) is 4.73. The molecule has 1 heterocycles. The first-order valence-corrected chi connectivity index (χ1v) is 7.14. The van der Waals surface area contributed by atoms with E-state index in [1.807, 2.05) is 13.0 Å². The normalized spacial score (nSPS) is 9.96. The Hall–Kier alpha value is -2.94. The fraction of sp³-hybridized carbons (Fsp3) is 0.235. The van der Waals surface area contributed by atoms with E-state index in [0.717, 1.165) is 18.9 Å². The first-order chi connectivity index (χ1) is 11.1. The largest absolute Gasteiger partial charge is 0.492 e. The Kier molecular flexibility index (Phi) is 5.64. The Balaban J connectivity index is 2.05. The predicted molar refractivity (Wildman–Crippen MR) is 80.7 cm³/mol. The van der Waals surface area contributed by atoms with Crippen molar-refractivity contribution < 1.29 is 18.7 Å². The molecule has 0 atom stereocenters. The molecule has 2 rings (SSSR count). The van der Waals surface area contributed by atoms with Crippen LogP contribution in [-0.4, -0.2) is 17.6 Å². The van der Waals surface area contributed by atoms with Crippen molar-refractivity contribution in [1.82, 2.24) is 4.98 Å². The second kappa shape index (κ2) is 7.90. The Labute approximate surface area is 133 Å². The van der Waals surface area contributed by atoms with Crippen molar-refractivity contribution in [3.05, 3.63) is 53.6 Å². The first-order valence-electron chi connectivity index (χ1n) is 7.14. The maximum absolute atomic E-state index is 13.9. The average Bonchev–Trinajstić information content (AvgIpc) is 2.56. The van der Waals surface area contributed by atoms with Gasteiger partial charge in [-0.3, -0.25) is 0 Å². The SMILES string of the molecule is CCCCOc1cnc(C(=O)Oc2ccc(C#N)cc2)c(F)c1. The van der Waals surface area contributed by atoms with Gasteiger partial charge in [0.05, 0.1) is 24.4 Å². The Morgan fingerprint density at radius 1 is 1.30 bits per heavy atom. The van der Waals surface area contributed by atoms with Gasteiger partial charge in [-0.15, -0.1) is 0 Å². The van der Waals surface area contributed by atoms with Crippen LogP contribution in [0.5, 0.6) is 11.5 Å². The lowest BCUT2D eigenvalue weighted by Crippen LogP contribution is -2.13. The zero-order valence-corrected chi connectivity index (χ0v) is 12.6. The molecule has 0 saturated heterocycles. The third-order valence-electron chi connectivity index (χ3n) is 2.97. The first kappa shape index (κ1) is 16.4. The minimum Gasteiger partial charge on any atom is -0.492 e. The standard InChI is InChI=1S/C17H15FN2O3/c1-2-3-8-22-14-9-15(18)16(20-11-14)17(21)23-13-6-4-12(10-19)5-7-13/h4-7,9,11H,2-3,8H2,1H3. The molecule has 0 fully saturated rings. The zero-order valence-electron chi connectivity index (χ0n) is 12.6. The van der Waals surface area contributed by atoms with Gasteiger partial charge in [-0.25, -0.2) is 14.2 Å². The summed E-state index contributed by atoms with van der Waals surface area (Å²) in [6.45, 7) is 2.48. The van der Waals surface area contributed by atoms with Crippen LogP contribution in [-0.2, 0) is 0 Å². The summed E-state index contributed by atoms with van der Waals surface area (Å²) in [5.41, 5.74) is 0.0138. The Morgan fingerprint density at radius 2 is 2.04 bits per heavy atom. The zero-order chi connectivity index (χ0) is 16.7. The molecule has 118 valence electrons. The van der Waals surface area contributed by atoms with Crippen LogP contribution in [0.15, 0.2) is 36.5 Å².